The van der Waals surface area contributed by atoms with Gasteiger partial charge in [-0.3, -0.25) is 4.68 Å². The maximum Gasteiger partial charge on any atom is 0.0522 e. The molecule has 0 aliphatic carbocycles. The van der Waals surface area contributed by atoms with Gasteiger partial charge in [0.1, 0.15) is 0 Å². The molecule has 0 spiro atoms. The summed E-state index contributed by atoms with van der Waals surface area (Å²) in [6.45, 7) is 5.52. The molecule has 1 atom stereocenters. The van der Waals surface area contributed by atoms with E-state index in [4.69, 9.17) is 0 Å². The topological polar surface area (TPSA) is 29.9 Å². The zero-order chi connectivity index (χ0) is 13.9. The SMILES string of the molecule is CCCCCCCCC(Cc1cnn(C)c1)NCC. The van der Waals surface area contributed by atoms with Gasteiger partial charge in [-0.2, -0.15) is 5.10 Å². The summed E-state index contributed by atoms with van der Waals surface area (Å²) < 4.78 is 1.89. The highest BCUT2D eigenvalue weighted by molar-refractivity contribution is 5.05. The van der Waals surface area contributed by atoms with Crippen LogP contribution in [0.1, 0.15) is 64.4 Å². The molecule has 1 aromatic heterocycles. The summed E-state index contributed by atoms with van der Waals surface area (Å²) in [5, 5.41) is 7.85. The Morgan fingerprint density at radius 1 is 1.16 bits per heavy atom. The van der Waals surface area contributed by atoms with E-state index in [1.54, 1.807) is 0 Å². The predicted octanol–water partition coefficient (Wildman–Crippen LogP) is 3.69. The molecule has 0 fully saturated rings. The van der Waals surface area contributed by atoms with Crippen LogP contribution >= 0.6 is 0 Å². The Kier molecular flexibility index (Phi) is 8.55. The molecule has 1 rings (SSSR count). The van der Waals surface area contributed by atoms with Gasteiger partial charge in [0.2, 0.25) is 0 Å². The number of aromatic nitrogens is 2. The van der Waals surface area contributed by atoms with Crippen LogP contribution in [0.25, 0.3) is 0 Å². The van der Waals surface area contributed by atoms with Gasteiger partial charge < -0.3 is 5.32 Å². The van der Waals surface area contributed by atoms with Crippen molar-refractivity contribution in [1.29, 1.82) is 0 Å². The third-order valence-corrected chi connectivity index (χ3v) is 3.64. The van der Waals surface area contributed by atoms with Crippen LogP contribution in [0.15, 0.2) is 12.4 Å². The first-order valence-electron chi connectivity index (χ1n) is 7.97. The quantitative estimate of drug-likeness (QED) is 0.618. The van der Waals surface area contributed by atoms with Crippen molar-refractivity contribution in [2.24, 2.45) is 7.05 Å². The third kappa shape index (κ3) is 7.36. The number of likely N-dealkylation sites (N-methyl/N-ethyl adjacent to an activating group) is 1. The minimum absolute atomic E-state index is 0.611. The van der Waals surface area contributed by atoms with E-state index in [0.29, 0.717) is 6.04 Å². The molecule has 1 heterocycles. The molecule has 110 valence electrons. The van der Waals surface area contributed by atoms with Gasteiger partial charge in [-0.1, -0.05) is 52.4 Å². The van der Waals surface area contributed by atoms with Crippen molar-refractivity contribution in [3.8, 4) is 0 Å². The third-order valence-electron chi connectivity index (χ3n) is 3.64. The van der Waals surface area contributed by atoms with Crippen molar-refractivity contribution in [3.63, 3.8) is 0 Å². The summed E-state index contributed by atoms with van der Waals surface area (Å²) in [6, 6.07) is 0.611. The van der Waals surface area contributed by atoms with Crippen LogP contribution in [-0.4, -0.2) is 22.4 Å². The van der Waals surface area contributed by atoms with Crippen LogP contribution in [0.2, 0.25) is 0 Å². The molecule has 0 aliphatic rings. The number of hydrogen-bond donors (Lipinski definition) is 1. The fourth-order valence-corrected chi connectivity index (χ4v) is 2.60. The molecule has 0 amide bonds. The second kappa shape index (κ2) is 10.0. The normalized spacial score (nSPS) is 12.8. The minimum atomic E-state index is 0.611. The van der Waals surface area contributed by atoms with Crippen LogP contribution < -0.4 is 5.32 Å². The maximum absolute atomic E-state index is 4.25. The smallest absolute Gasteiger partial charge is 0.0522 e. The molecule has 0 aliphatic heterocycles. The molecule has 1 unspecified atom stereocenters. The van der Waals surface area contributed by atoms with Gasteiger partial charge >= 0.3 is 0 Å². The second-order valence-corrected chi connectivity index (χ2v) is 5.54. The number of aryl methyl sites for hydroxylation is 1. The molecule has 3 nitrogen and oxygen atoms in total. The lowest BCUT2D eigenvalue weighted by Gasteiger charge is -2.17. The Morgan fingerprint density at radius 3 is 2.53 bits per heavy atom. The zero-order valence-electron chi connectivity index (χ0n) is 13.0. The van der Waals surface area contributed by atoms with Gasteiger partial charge in [0.15, 0.2) is 0 Å². The highest BCUT2D eigenvalue weighted by atomic mass is 15.2. The summed E-state index contributed by atoms with van der Waals surface area (Å²) >= 11 is 0. The van der Waals surface area contributed by atoms with E-state index in [1.165, 1.54) is 50.5 Å². The monoisotopic (exact) mass is 265 g/mol. The second-order valence-electron chi connectivity index (χ2n) is 5.54. The van der Waals surface area contributed by atoms with Crippen LogP contribution in [-0.2, 0) is 13.5 Å². The Hall–Kier alpha value is -0.830. The fraction of sp³-hybridized carbons (Fsp3) is 0.812. The van der Waals surface area contributed by atoms with E-state index in [1.807, 2.05) is 17.9 Å². The van der Waals surface area contributed by atoms with Crippen molar-refractivity contribution in [2.75, 3.05) is 6.54 Å². The average molecular weight is 265 g/mol. The molecule has 0 saturated heterocycles. The number of unbranched alkanes of at least 4 members (excludes halogenated alkanes) is 5. The first-order valence-corrected chi connectivity index (χ1v) is 7.97. The summed E-state index contributed by atoms with van der Waals surface area (Å²) in [5.41, 5.74) is 1.35. The number of nitrogens with one attached hydrogen (secondary N) is 1. The van der Waals surface area contributed by atoms with Crippen LogP contribution in [0.4, 0.5) is 0 Å². The van der Waals surface area contributed by atoms with Gasteiger partial charge in [-0.15, -0.1) is 0 Å². The molecular weight excluding hydrogens is 234 g/mol. The minimum Gasteiger partial charge on any atom is -0.314 e. The van der Waals surface area contributed by atoms with Crippen LogP contribution in [0.5, 0.6) is 0 Å². The number of rotatable bonds is 11. The largest absolute Gasteiger partial charge is 0.314 e. The van der Waals surface area contributed by atoms with E-state index in [0.717, 1.165) is 13.0 Å². The van der Waals surface area contributed by atoms with Gasteiger partial charge in [0, 0.05) is 19.3 Å². The summed E-state index contributed by atoms with van der Waals surface area (Å²) in [4.78, 5) is 0. The summed E-state index contributed by atoms with van der Waals surface area (Å²) in [5.74, 6) is 0. The molecule has 0 bridgehead atoms. The molecule has 0 saturated carbocycles. The van der Waals surface area contributed by atoms with Gasteiger partial charge in [0.25, 0.3) is 0 Å². The van der Waals surface area contributed by atoms with Crippen molar-refractivity contribution in [2.45, 2.75) is 71.3 Å². The summed E-state index contributed by atoms with van der Waals surface area (Å²) in [7, 11) is 1.99. The van der Waals surface area contributed by atoms with Crippen LogP contribution in [0.3, 0.4) is 0 Å². The maximum atomic E-state index is 4.25. The van der Waals surface area contributed by atoms with E-state index >= 15 is 0 Å². The first kappa shape index (κ1) is 16.2. The highest BCUT2D eigenvalue weighted by Crippen LogP contribution is 2.11. The number of nitrogens with zero attached hydrogens (tertiary/aromatic N) is 2. The first-order chi connectivity index (χ1) is 9.26. The van der Waals surface area contributed by atoms with Gasteiger partial charge in [-0.25, -0.2) is 0 Å². The fourth-order valence-electron chi connectivity index (χ4n) is 2.60. The molecule has 1 N–H and O–H groups in total. The lowest BCUT2D eigenvalue weighted by Crippen LogP contribution is -2.30. The lowest BCUT2D eigenvalue weighted by molar-refractivity contribution is 0.459. The standard InChI is InChI=1S/C16H31N3/c1-4-6-7-8-9-10-11-16(17-5-2)12-15-13-18-19(3)14-15/h13-14,16-17H,4-12H2,1-3H3. The zero-order valence-corrected chi connectivity index (χ0v) is 13.0. The highest BCUT2D eigenvalue weighted by Gasteiger charge is 2.09. The van der Waals surface area contributed by atoms with Crippen molar-refractivity contribution in [1.82, 2.24) is 15.1 Å². The summed E-state index contributed by atoms with van der Waals surface area (Å²) in [6.07, 6.45) is 14.8. The molecule has 1 aromatic rings. The Bertz CT molecular complexity index is 320. The van der Waals surface area contributed by atoms with Crippen molar-refractivity contribution < 1.29 is 0 Å². The van der Waals surface area contributed by atoms with E-state index < -0.39 is 0 Å². The molecule has 0 radical (unpaired) electrons. The van der Waals surface area contributed by atoms with Crippen LogP contribution in [0, 0.1) is 0 Å². The number of hydrogen-bond acceptors (Lipinski definition) is 2. The average Bonchev–Trinajstić information content (AvgIpc) is 2.79. The molecule has 3 heteroatoms. The molecule has 0 aromatic carbocycles. The van der Waals surface area contributed by atoms with E-state index in [-0.39, 0.29) is 0 Å². The molecule has 19 heavy (non-hydrogen) atoms. The molecular formula is C16H31N3. The van der Waals surface area contributed by atoms with Crippen molar-refractivity contribution >= 4 is 0 Å². The Labute approximate surface area is 118 Å². The lowest BCUT2D eigenvalue weighted by atomic mass is 10.0. The van der Waals surface area contributed by atoms with Gasteiger partial charge in [0.05, 0.1) is 6.20 Å². The van der Waals surface area contributed by atoms with E-state index in [2.05, 4.69) is 30.5 Å². The van der Waals surface area contributed by atoms with Gasteiger partial charge in [-0.05, 0) is 24.9 Å². The predicted molar refractivity (Wildman–Crippen MR) is 82.4 cm³/mol. The van der Waals surface area contributed by atoms with Crippen molar-refractivity contribution in [3.05, 3.63) is 18.0 Å². The Morgan fingerprint density at radius 2 is 1.89 bits per heavy atom. The van der Waals surface area contributed by atoms with E-state index in [9.17, 15) is 0 Å². The Balaban J connectivity index is 2.20.